The zero-order valence-corrected chi connectivity index (χ0v) is 13.4. The minimum Gasteiger partial charge on any atom is -0.208 e. The van der Waals surface area contributed by atoms with Crippen LogP contribution in [0.1, 0.15) is 50.2 Å². The van der Waals surface area contributed by atoms with Crippen molar-refractivity contribution in [3.8, 4) is 6.07 Å². The normalized spacial score (nSPS) is 23.3. The average Bonchev–Trinajstić information content (AvgIpc) is 2.64. The third kappa shape index (κ3) is 3.84. The van der Waals surface area contributed by atoms with Crippen molar-refractivity contribution in [3.63, 3.8) is 0 Å². The fourth-order valence-electron chi connectivity index (χ4n) is 2.86. The summed E-state index contributed by atoms with van der Waals surface area (Å²) in [5, 5.41) is 8.92. The van der Waals surface area contributed by atoms with Gasteiger partial charge in [0.2, 0.25) is 10.0 Å². The molecule has 0 saturated heterocycles. The second-order valence-corrected chi connectivity index (χ2v) is 7.65. The van der Waals surface area contributed by atoms with E-state index in [0.717, 1.165) is 19.3 Å². The fourth-order valence-corrected chi connectivity index (χ4v) is 4.33. The van der Waals surface area contributed by atoms with Gasteiger partial charge in [-0.3, -0.25) is 0 Å². The van der Waals surface area contributed by atoms with Crippen molar-refractivity contribution in [1.82, 2.24) is 4.72 Å². The molecule has 2 unspecified atom stereocenters. The van der Waals surface area contributed by atoms with E-state index in [1.54, 1.807) is 19.1 Å². The highest BCUT2D eigenvalue weighted by molar-refractivity contribution is 7.89. The van der Waals surface area contributed by atoms with Gasteiger partial charge in [-0.15, -0.1) is 0 Å². The van der Waals surface area contributed by atoms with Crippen molar-refractivity contribution in [2.45, 2.75) is 56.9 Å². The molecule has 0 aliphatic heterocycles. The molecule has 1 aliphatic rings. The Labute approximate surface area is 127 Å². The summed E-state index contributed by atoms with van der Waals surface area (Å²) >= 11 is 0. The molecule has 5 heteroatoms. The van der Waals surface area contributed by atoms with Gasteiger partial charge in [0.25, 0.3) is 0 Å². The number of nitriles is 1. The number of hydrogen-bond acceptors (Lipinski definition) is 3. The molecule has 0 spiro atoms. The second kappa shape index (κ2) is 6.59. The third-order valence-electron chi connectivity index (χ3n) is 4.30. The molecule has 1 saturated carbocycles. The highest BCUT2D eigenvalue weighted by Gasteiger charge is 2.26. The molecule has 0 heterocycles. The summed E-state index contributed by atoms with van der Waals surface area (Å²) in [5.41, 5.74) is 1.20. The van der Waals surface area contributed by atoms with E-state index in [2.05, 4.69) is 17.7 Å². The SMILES string of the molecule is Cc1cc(S(=O)(=O)NC2CCCCCC2C)ccc1C#N. The van der Waals surface area contributed by atoms with E-state index < -0.39 is 10.0 Å². The summed E-state index contributed by atoms with van der Waals surface area (Å²) in [5.74, 6) is 0.363. The van der Waals surface area contributed by atoms with Crippen LogP contribution in [-0.2, 0) is 10.0 Å². The van der Waals surface area contributed by atoms with Gasteiger partial charge in [0.05, 0.1) is 16.5 Å². The zero-order valence-electron chi connectivity index (χ0n) is 12.6. The number of aryl methyl sites for hydroxylation is 1. The molecule has 1 fully saturated rings. The van der Waals surface area contributed by atoms with Crippen LogP contribution in [0.3, 0.4) is 0 Å². The molecule has 2 atom stereocenters. The second-order valence-electron chi connectivity index (χ2n) is 5.93. The molecule has 1 aromatic carbocycles. The van der Waals surface area contributed by atoms with Crippen LogP contribution in [0.15, 0.2) is 23.1 Å². The Kier molecular flexibility index (Phi) is 5.02. The first kappa shape index (κ1) is 16.0. The molecule has 0 bridgehead atoms. The summed E-state index contributed by atoms with van der Waals surface area (Å²) < 4.78 is 27.9. The van der Waals surface area contributed by atoms with Crippen molar-refractivity contribution in [2.75, 3.05) is 0 Å². The largest absolute Gasteiger partial charge is 0.240 e. The Hall–Kier alpha value is -1.38. The van der Waals surface area contributed by atoms with Gasteiger partial charge in [-0.1, -0.05) is 26.2 Å². The first-order chi connectivity index (χ1) is 9.94. The third-order valence-corrected chi connectivity index (χ3v) is 5.78. The van der Waals surface area contributed by atoms with Crippen LogP contribution in [-0.4, -0.2) is 14.5 Å². The Bertz CT molecular complexity index is 647. The van der Waals surface area contributed by atoms with Gasteiger partial charge in [0.15, 0.2) is 0 Å². The molecule has 1 N–H and O–H groups in total. The van der Waals surface area contributed by atoms with E-state index in [1.165, 1.54) is 18.9 Å². The molecule has 114 valence electrons. The molecule has 1 aliphatic carbocycles. The molecule has 21 heavy (non-hydrogen) atoms. The Morgan fingerprint density at radius 3 is 2.62 bits per heavy atom. The van der Waals surface area contributed by atoms with E-state index in [0.29, 0.717) is 17.0 Å². The summed E-state index contributed by atoms with van der Waals surface area (Å²) in [4.78, 5) is 0.246. The van der Waals surface area contributed by atoms with E-state index >= 15 is 0 Å². The molecular formula is C16H22N2O2S. The fraction of sp³-hybridized carbons (Fsp3) is 0.562. The quantitative estimate of drug-likeness (QED) is 0.872. The van der Waals surface area contributed by atoms with Crippen molar-refractivity contribution in [2.24, 2.45) is 5.92 Å². The first-order valence-electron chi connectivity index (χ1n) is 7.47. The summed E-state index contributed by atoms with van der Waals surface area (Å²) in [6, 6.07) is 6.71. The molecule has 2 rings (SSSR count). The van der Waals surface area contributed by atoms with Crippen molar-refractivity contribution in [3.05, 3.63) is 29.3 Å². The Morgan fingerprint density at radius 1 is 1.24 bits per heavy atom. The number of hydrogen-bond donors (Lipinski definition) is 1. The smallest absolute Gasteiger partial charge is 0.208 e. The maximum atomic E-state index is 12.5. The van der Waals surface area contributed by atoms with Gasteiger partial charge in [0, 0.05) is 6.04 Å². The molecule has 0 radical (unpaired) electrons. The molecule has 4 nitrogen and oxygen atoms in total. The van der Waals surface area contributed by atoms with Gasteiger partial charge in [-0.2, -0.15) is 5.26 Å². The number of nitrogens with zero attached hydrogens (tertiary/aromatic N) is 1. The zero-order chi connectivity index (χ0) is 15.5. The highest BCUT2D eigenvalue weighted by Crippen LogP contribution is 2.25. The predicted octanol–water partition coefficient (Wildman–Crippen LogP) is 3.11. The van der Waals surface area contributed by atoms with Crippen LogP contribution < -0.4 is 4.72 Å². The monoisotopic (exact) mass is 306 g/mol. The lowest BCUT2D eigenvalue weighted by atomic mass is 9.98. The minimum absolute atomic E-state index is 0.00782. The summed E-state index contributed by atoms with van der Waals surface area (Å²) in [6.45, 7) is 3.87. The van der Waals surface area contributed by atoms with E-state index in [-0.39, 0.29) is 10.9 Å². The standard InChI is InChI=1S/C16H22N2O2S/c1-12-6-4-3-5-7-16(12)18-21(19,20)15-9-8-14(11-17)13(2)10-15/h8-10,12,16,18H,3-7H2,1-2H3. The maximum absolute atomic E-state index is 12.5. The minimum atomic E-state index is -3.52. The van der Waals surface area contributed by atoms with Crippen LogP contribution in [0.2, 0.25) is 0 Å². The van der Waals surface area contributed by atoms with Gasteiger partial charge >= 0.3 is 0 Å². The van der Waals surface area contributed by atoms with Crippen molar-refractivity contribution >= 4 is 10.0 Å². The van der Waals surface area contributed by atoms with E-state index in [4.69, 9.17) is 5.26 Å². The van der Waals surface area contributed by atoms with Crippen LogP contribution in [0.4, 0.5) is 0 Å². The lowest BCUT2D eigenvalue weighted by Gasteiger charge is -2.22. The van der Waals surface area contributed by atoms with Gasteiger partial charge in [-0.05, 0) is 49.4 Å². The van der Waals surface area contributed by atoms with E-state index in [9.17, 15) is 8.42 Å². The average molecular weight is 306 g/mol. The van der Waals surface area contributed by atoms with Gasteiger partial charge in [0.1, 0.15) is 0 Å². The lowest BCUT2D eigenvalue weighted by Crippen LogP contribution is -2.38. The lowest BCUT2D eigenvalue weighted by molar-refractivity contribution is 0.399. The van der Waals surface area contributed by atoms with E-state index in [1.807, 2.05) is 0 Å². The van der Waals surface area contributed by atoms with Crippen molar-refractivity contribution in [1.29, 1.82) is 5.26 Å². The van der Waals surface area contributed by atoms with Gasteiger partial charge < -0.3 is 0 Å². The number of nitrogens with one attached hydrogen (secondary N) is 1. The molecular weight excluding hydrogens is 284 g/mol. The Balaban J connectivity index is 2.21. The van der Waals surface area contributed by atoms with Crippen LogP contribution in [0.25, 0.3) is 0 Å². The topological polar surface area (TPSA) is 70.0 Å². The van der Waals surface area contributed by atoms with Crippen molar-refractivity contribution < 1.29 is 8.42 Å². The van der Waals surface area contributed by atoms with Crippen LogP contribution in [0.5, 0.6) is 0 Å². The number of sulfonamides is 1. The first-order valence-corrected chi connectivity index (χ1v) is 8.95. The van der Waals surface area contributed by atoms with Crippen LogP contribution in [0, 0.1) is 24.2 Å². The van der Waals surface area contributed by atoms with Gasteiger partial charge in [-0.25, -0.2) is 13.1 Å². The molecule has 0 amide bonds. The maximum Gasteiger partial charge on any atom is 0.240 e. The highest BCUT2D eigenvalue weighted by atomic mass is 32.2. The Morgan fingerprint density at radius 2 is 1.95 bits per heavy atom. The molecule has 0 aromatic heterocycles. The summed E-state index contributed by atoms with van der Waals surface area (Å²) in [6.07, 6.45) is 5.40. The summed E-state index contributed by atoms with van der Waals surface area (Å²) in [7, 11) is -3.52. The number of benzene rings is 1. The molecule has 1 aromatic rings. The predicted molar refractivity (Wildman–Crippen MR) is 82.3 cm³/mol. The number of rotatable bonds is 3. The van der Waals surface area contributed by atoms with Crippen LogP contribution >= 0.6 is 0 Å².